The second kappa shape index (κ2) is 15.7. The van der Waals surface area contributed by atoms with E-state index in [4.69, 9.17) is 9.47 Å². The third-order valence-electron chi connectivity index (χ3n) is 4.26. The Labute approximate surface area is 167 Å². The molecule has 0 aromatic rings. The van der Waals surface area contributed by atoms with Gasteiger partial charge in [0.05, 0.1) is 13.2 Å². The van der Waals surface area contributed by atoms with Gasteiger partial charge < -0.3 is 9.47 Å². The summed E-state index contributed by atoms with van der Waals surface area (Å²) >= 11 is 0. The van der Waals surface area contributed by atoms with Crippen molar-refractivity contribution in [3.8, 4) is 0 Å². The van der Waals surface area contributed by atoms with Crippen LogP contribution >= 0.6 is 0 Å². The molecule has 0 aromatic heterocycles. The lowest BCUT2D eigenvalue weighted by Crippen LogP contribution is -2.20. The highest BCUT2D eigenvalue weighted by molar-refractivity contribution is 6.00. The van der Waals surface area contributed by atoms with E-state index in [1.807, 2.05) is 27.7 Å². The standard InChI is InChI=1S/C23H42O4/c1-7-9-11-12-13-15-21(23(25)27-17-19(5)6)20(14-10-8-2)22(24)26-16-18(3)4/h18-19H,7-17H2,1-6H3/b21-20-. The molecule has 158 valence electrons. The smallest absolute Gasteiger partial charge is 0.334 e. The van der Waals surface area contributed by atoms with Gasteiger partial charge in [-0.05, 0) is 37.5 Å². The van der Waals surface area contributed by atoms with Gasteiger partial charge in [-0.1, -0.05) is 73.6 Å². The van der Waals surface area contributed by atoms with Gasteiger partial charge >= 0.3 is 11.9 Å². The van der Waals surface area contributed by atoms with Crippen molar-refractivity contribution in [3.05, 3.63) is 11.1 Å². The molecule has 0 spiro atoms. The quantitative estimate of drug-likeness (QED) is 0.191. The predicted molar refractivity (Wildman–Crippen MR) is 112 cm³/mol. The van der Waals surface area contributed by atoms with E-state index >= 15 is 0 Å². The minimum absolute atomic E-state index is 0.270. The second-order valence-electron chi connectivity index (χ2n) is 8.21. The Morgan fingerprint density at radius 3 is 1.44 bits per heavy atom. The number of esters is 2. The number of unbranched alkanes of at least 4 members (excludes halogenated alkanes) is 5. The van der Waals surface area contributed by atoms with Crippen LogP contribution in [0.1, 0.15) is 99.3 Å². The van der Waals surface area contributed by atoms with Gasteiger partial charge in [0.1, 0.15) is 0 Å². The Morgan fingerprint density at radius 2 is 1.04 bits per heavy atom. The fourth-order valence-electron chi connectivity index (χ4n) is 2.67. The number of carbonyl (C=O) groups is 2. The van der Waals surface area contributed by atoms with Crippen molar-refractivity contribution in [2.45, 2.75) is 99.3 Å². The van der Waals surface area contributed by atoms with Crippen LogP contribution in [0.5, 0.6) is 0 Å². The Balaban J connectivity index is 5.37. The molecule has 0 aliphatic heterocycles. The summed E-state index contributed by atoms with van der Waals surface area (Å²) in [5.74, 6) is -0.146. The number of rotatable bonds is 15. The first-order valence-corrected chi connectivity index (χ1v) is 10.9. The lowest BCUT2D eigenvalue weighted by atomic mass is 9.97. The monoisotopic (exact) mass is 382 g/mol. The maximum Gasteiger partial charge on any atom is 0.334 e. The largest absolute Gasteiger partial charge is 0.462 e. The van der Waals surface area contributed by atoms with Crippen molar-refractivity contribution >= 4 is 11.9 Å². The molecule has 0 heterocycles. The highest BCUT2D eigenvalue weighted by Gasteiger charge is 2.23. The van der Waals surface area contributed by atoms with Crippen LogP contribution in [0.15, 0.2) is 11.1 Å². The molecule has 0 fully saturated rings. The molecule has 4 heteroatoms. The zero-order valence-corrected chi connectivity index (χ0v) is 18.6. The highest BCUT2D eigenvalue weighted by atomic mass is 16.5. The Morgan fingerprint density at radius 1 is 0.630 bits per heavy atom. The summed E-state index contributed by atoms with van der Waals surface area (Å²) < 4.78 is 10.9. The molecule has 0 saturated heterocycles. The van der Waals surface area contributed by atoms with E-state index in [0.717, 1.165) is 32.1 Å². The Kier molecular flexibility index (Phi) is 14.9. The molecule has 0 amide bonds. The van der Waals surface area contributed by atoms with E-state index in [9.17, 15) is 9.59 Å². The van der Waals surface area contributed by atoms with E-state index in [0.29, 0.717) is 37.2 Å². The molecule has 0 bridgehead atoms. The summed E-state index contributed by atoms with van der Waals surface area (Å²) in [7, 11) is 0. The average molecular weight is 383 g/mol. The molecule has 4 nitrogen and oxygen atoms in total. The lowest BCUT2D eigenvalue weighted by Gasteiger charge is -2.16. The van der Waals surface area contributed by atoms with E-state index in [2.05, 4.69) is 13.8 Å². The highest BCUT2D eigenvalue weighted by Crippen LogP contribution is 2.22. The van der Waals surface area contributed by atoms with Crippen molar-refractivity contribution in [1.82, 2.24) is 0 Å². The molecule has 0 saturated carbocycles. The van der Waals surface area contributed by atoms with Gasteiger partial charge in [0.2, 0.25) is 0 Å². The van der Waals surface area contributed by atoms with Crippen LogP contribution in [0.3, 0.4) is 0 Å². The fourth-order valence-corrected chi connectivity index (χ4v) is 2.67. The molecular formula is C23H42O4. The third-order valence-corrected chi connectivity index (χ3v) is 4.26. The molecule has 0 aliphatic rings. The van der Waals surface area contributed by atoms with Crippen molar-refractivity contribution in [1.29, 1.82) is 0 Å². The maximum absolute atomic E-state index is 12.7. The molecule has 0 N–H and O–H groups in total. The summed E-state index contributed by atoms with van der Waals surface area (Å²) in [4.78, 5) is 25.4. The van der Waals surface area contributed by atoms with Gasteiger partial charge in [0.15, 0.2) is 0 Å². The number of carbonyl (C=O) groups excluding carboxylic acids is 2. The first kappa shape index (κ1) is 25.7. The molecule has 0 unspecified atom stereocenters. The summed E-state index contributed by atoms with van der Waals surface area (Å²) in [6.07, 6.45) is 8.51. The second-order valence-corrected chi connectivity index (χ2v) is 8.21. The Hall–Kier alpha value is -1.32. The van der Waals surface area contributed by atoms with Gasteiger partial charge in [-0.3, -0.25) is 0 Å². The number of ether oxygens (including phenoxy) is 2. The molecule has 27 heavy (non-hydrogen) atoms. The van der Waals surface area contributed by atoms with Gasteiger partial charge in [-0.2, -0.15) is 0 Å². The average Bonchev–Trinajstić information content (AvgIpc) is 2.62. The summed E-state index contributed by atoms with van der Waals surface area (Å²) in [6, 6.07) is 0. The van der Waals surface area contributed by atoms with Crippen LogP contribution in [0.2, 0.25) is 0 Å². The number of hydrogen-bond donors (Lipinski definition) is 0. The molecule has 0 aliphatic carbocycles. The minimum atomic E-state index is -0.345. The van der Waals surface area contributed by atoms with Crippen LogP contribution in [-0.2, 0) is 19.1 Å². The van der Waals surface area contributed by atoms with E-state index in [-0.39, 0.29) is 23.8 Å². The van der Waals surface area contributed by atoms with Gasteiger partial charge in [0.25, 0.3) is 0 Å². The van der Waals surface area contributed by atoms with Crippen molar-refractivity contribution < 1.29 is 19.1 Å². The zero-order chi connectivity index (χ0) is 20.7. The van der Waals surface area contributed by atoms with E-state index < -0.39 is 0 Å². The molecule has 0 aromatic carbocycles. The molecule has 0 radical (unpaired) electrons. The Bertz CT molecular complexity index is 449. The molecule has 0 atom stereocenters. The first-order valence-electron chi connectivity index (χ1n) is 10.9. The maximum atomic E-state index is 12.7. The van der Waals surface area contributed by atoms with Gasteiger partial charge in [-0.15, -0.1) is 0 Å². The minimum Gasteiger partial charge on any atom is -0.462 e. The van der Waals surface area contributed by atoms with Crippen LogP contribution in [0.4, 0.5) is 0 Å². The number of hydrogen-bond acceptors (Lipinski definition) is 4. The van der Waals surface area contributed by atoms with E-state index in [1.54, 1.807) is 0 Å². The van der Waals surface area contributed by atoms with Crippen molar-refractivity contribution in [3.63, 3.8) is 0 Å². The SMILES string of the molecule is CCCCCCC/C(C(=O)OCC(C)C)=C(\CCCC)C(=O)OCC(C)C. The third kappa shape index (κ3) is 12.6. The van der Waals surface area contributed by atoms with Crippen molar-refractivity contribution in [2.24, 2.45) is 11.8 Å². The topological polar surface area (TPSA) is 52.6 Å². The van der Waals surface area contributed by atoms with Gasteiger partial charge in [-0.25, -0.2) is 9.59 Å². The van der Waals surface area contributed by atoms with Crippen LogP contribution in [-0.4, -0.2) is 25.2 Å². The lowest BCUT2D eigenvalue weighted by molar-refractivity contribution is -0.143. The van der Waals surface area contributed by atoms with Crippen LogP contribution < -0.4 is 0 Å². The first-order chi connectivity index (χ1) is 12.8. The molecular weight excluding hydrogens is 340 g/mol. The summed E-state index contributed by atoms with van der Waals surface area (Å²) in [5, 5.41) is 0. The molecule has 0 rings (SSSR count). The normalized spacial score (nSPS) is 12.3. The van der Waals surface area contributed by atoms with Gasteiger partial charge in [0, 0.05) is 11.1 Å². The van der Waals surface area contributed by atoms with Crippen LogP contribution in [0.25, 0.3) is 0 Å². The van der Waals surface area contributed by atoms with Crippen molar-refractivity contribution in [2.75, 3.05) is 13.2 Å². The predicted octanol–water partition coefficient (Wildman–Crippen LogP) is 6.23. The van der Waals surface area contributed by atoms with E-state index in [1.165, 1.54) is 12.8 Å². The fraction of sp³-hybridized carbons (Fsp3) is 0.826. The summed E-state index contributed by atoms with van der Waals surface area (Å²) in [6.45, 7) is 13.1. The van der Waals surface area contributed by atoms with Crippen LogP contribution in [0, 0.1) is 11.8 Å². The zero-order valence-electron chi connectivity index (χ0n) is 18.6. The summed E-state index contributed by atoms with van der Waals surface area (Å²) in [5.41, 5.74) is 1.07.